The summed E-state index contributed by atoms with van der Waals surface area (Å²) in [5, 5.41) is 0.254. The summed E-state index contributed by atoms with van der Waals surface area (Å²) in [5.74, 6) is 0. The Morgan fingerprint density at radius 3 is 2.42 bits per heavy atom. The van der Waals surface area contributed by atoms with E-state index in [1.807, 2.05) is 6.20 Å². The second kappa shape index (κ2) is 6.06. The predicted octanol–water partition coefficient (Wildman–Crippen LogP) is 5.11. The minimum atomic E-state index is -1.68. The summed E-state index contributed by atoms with van der Waals surface area (Å²) in [7, 11) is -1.68. The van der Waals surface area contributed by atoms with Crippen LogP contribution in [0.2, 0.25) is 18.1 Å². The molecule has 0 saturated carbocycles. The van der Waals surface area contributed by atoms with Crippen LogP contribution in [0.1, 0.15) is 39.0 Å². The second-order valence-corrected chi connectivity index (χ2v) is 12.4. The summed E-state index contributed by atoms with van der Waals surface area (Å²) in [6, 6.07) is 2.13. The van der Waals surface area contributed by atoms with Crippen molar-refractivity contribution in [3.63, 3.8) is 0 Å². The number of hydrogen-bond acceptors (Lipinski definition) is 2. The van der Waals surface area contributed by atoms with Crippen LogP contribution in [0, 0.1) is 6.92 Å². The summed E-state index contributed by atoms with van der Waals surface area (Å²) < 4.78 is 7.43. The van der Waals surface area contributed by atoms with Gasteiger partial charge >= 0.3 is 0 Å². The Bertz CT molecular complexity index is 440. The molecule has 1 rings (SSSR count). The molecule has 0 N–H and O–H groups in total. The molecule has 0 aliphatic rings. The topological polar surface area (TPSA) is 22.1 Å². The highest BCUT2D eigenvalue weighted by molar-refractivity contribution is 9.10. The monoisotopic (exact) mass is 343 g/mol. The van der Waals surface area contributed by atoms with E-state index >= 15 is 0 Å². The highest BCUT2D eigenvalue weighted by atomic mass is 79.9. The fourth-order valence-corrected chi connectivity index (χ4v) is 3.38. The molecule has 0 radical (unpaired) electrons. The standard InChI is InChI=1S/C15H26BrNOSi/c1-11-8-13(17-10-14(11)16)9-12(2)18-19(6,7)15(3,4)5/h8,10,12H,9H2,1-7H3. The number of nitrogens with zero attached hydrogens (tertiary/aromatic N) is 1. The molecule has 108 valence electrons. The second-order valence-electron chi connectivity index (χ2n) is 6.82. The van der Waals surface area contributed by atoms with Gasteiger partial charge in [0.1, 0.15) is 0 Å². The van der Waals surface area contributed by atoms with Gasteiger partial charge in [-0.25, -0.2) is 0 Å². The van der Waals surface area contributed by atoms with Gasteiger partial charge in [0.15, 0.2) is 8.32 Å². The lowest BCUT2D eigenvalue weighted by molar-refractivity contribution is 0.198. The molecule has 0 aliphatic heterocycles. The summed E-state index contributed by atoms with van der Waals surface area (Å²) >= 11 is 3.48. The fraction of sp³-hybridized carbons (Fsp3) is 0.667. The zero-order valence-corrected chi connectivity index (χ0v) is 15.8. The molecular weight excluding hydrogens is 318 g/mol. The molecule has 0 amide bonds. The molecule has 0 fully saturated rings. The molecule has 0 saturated heterocycles. The van der Waals surface area contributed by atoms with Crippen LogP contribution in [0.15, 0.2) is 16.7 Å². The minimum absolute atomic E-state index is 0.217. The van der Waals surface area contributed by atoms with Crippen molar-refractivity contribution in [3.8, 4) is 0 Å². The van der Waals surface area contributed by atoms with Crippen molar-refractivity contribution in [2.24, 2.45) is 0 Å². The maximum Gasteiger partial charge on any atom is 0.192 e. The van der Waals surface area contributed by atoms with E-state index in [4.69, 9.17) is 4.43 Å². The lowest BCUT2D eigenvalue weighted by Gasteiger charge is -2.38. The van der Waals surface area contributed by atoms with Crippen LogP contribution in [0.4, 0.5) is 0 Å². The van der Waals surface area contributed by atoms with E-state index in [0.29, 0.717) is 0 Å². The van der Waals surface area contributed by atoms with Gasteiger partial charge in [0, 0.05) is 28.9 Å². The highest BCUT2D eigenvalue weighted by Crippen LogP contribution is 2.37. The van der Waals surface area contributed by atoms with E-state index in [0.717, 1.165) is 16.6 Å². The predicted molar refractivity (Wildman–Crippen MR) is 88.1 cm³/mol. The molecule has 2 nitrogen and oxygen atoms in total. The van der Waals surface area contributed by atoms with Crippen LogP contribution in [-0.2, 0) is 10.8 Å². The van der Waals surface area contributed by atoms with E-state index in [1.165, 1.54) is 5.56 Å². The van der Waals surface area contributed by atoms with Gasteiger partial charge in [-0.05, 0) is 59.5 Å². The molecule has 0 spiro atoms. The average molecular weight is 344 g/mol. The lowest BCUT2D eigenvalue weighted by atomic mass is 10.1. The molecule has 1 atom stereocenters. The van der Waals surface area contributed by atoms with Crippen LogP contribution in [0.25, 0.3) is 0 Å². The molecule has 1 aromatic rings. The molecule has 0 bridgehead atoms. The van der Waals surface area contributed by atoms with E-state index in [1.54, 1.807) is 0 Å². The van der Waals surface area contributed by atoms with Crippen LogP contribution >= 0.6 is 15.9 Å². The Balaban J connectivity index is 2.70. The smallest absolute Gasteiger partial charge is 0.192 e. The maximum atomic E-state index is 6.36. The number of aromatic nitrogens is 1. The Morgan fingerprint density at radius 1 is 1.37 bits per heavy atom. The van der Waals surface area contributed by atoms with Gasteiger partial charge in [-0.15, -0.1) is 0 Å². The van der Waals surface area contributed by atoms with Crippen molar-refractivity contribution in [1.82, 2.24) is 4.98 Å². The number of halogens is 1. The van der Waals surface area contributed by atoms with Crippen LogP contribution in [0.3, 0.4) is 0 Å². The molecule has 1 aromatic heterocycles. The van der Waals surface area contributed by atoms with Gasteiger partial charge in [-0.2, -0.15) is 0 Å². The first-order valence-electron chi connectivity index (χ1n) is 6.82. The SMILES string of the molecule is Cc1cc(CC(C)O[Si](C)(C)C(C)(C)C)ncc1Br. The van der Waals surface area contributed by atoms with Gasteiger partial charge in [0.05, 0.1) is 0 Å². The Morgan fingerprint density at radius 2 is 1.95 bits per heavy atom. The summed E-state index contributed by atoms with van der Waals surface area (Å²) in [6.45, 7) is 15.7. The number of aryl methyl sites for hydroxylation is 1. The van der Waals surface area contributed by atoms with Crippen molar-refractivity contribution in [1.29, 1.82) is 0 Å². The summed E-state index contributed by atoms with van der Waals surface area (Å²) in [5.41, 5.74) is 2.33. The molecule has 19 heavy (non-hydrogen) atoms. The third-order valence-corrected chi connectivity index (χ3v) is 9.34. The molecule has 1 heterocycles. The van der Waals surface area contributed by atoms with Crippen molar-refractivity contribution >= 4 is 24.2 Å². The first kappa shape index (κ1) is 16.9. The van der Waals surface area contributed by atoms with E-state index < -0.39 is 8.32 Å². The van der Waals surface area contributed by atoms with E-state index in [9.17, 15) is 0 Å². The van der Waals surface area contributed by atoms with Gasteiger partial charge in [-0.1, -0.05) is 20.8 Å². The Labute approximate surface area is 127 Å². The lowest BCUT2D eigenvalue weighted by Crippen LogP contribution is -2.43. The van der Waals surface area contributed by atoms with Crippen LogP contribution < -0.4 is 0 Å². The number of rotatable bonds is 4. The van der Waals surface area contributed by atoms with Crippen LogP contribution in [-0.4, -0.2) is 19.4 Å². The minimum Gasteiger partial charge on any atom is -0.414 e. The third-order valence-electron chi connectivity index (χ3n) is 3.90. The van der Waals surface area contributed by atoms with Gasteiger partial charge < -0.3 is 4.43 Å². The Hall–Kier alpha value is -0.193. The molecule has 1 unspecified atom stereocenters. The molecule has 0 aliphatic carbocycles. The van der Waals surface area contributed by atoms with Crippen LogP contribution in [0.5, 0.6) is 0 Å². The first-order valence-corrected chi connectivity index (χ1v) is 10.5. The molecule has 4 heteroatoms. The largest absolute Gasteiger partial charge is 0.414 e. The van der Waals surface area contributed by atoms with Gasteiger partial charge in [-0.3, -0.25) is 4.98 Å². The van der Waals surface area contributed by atoms with Crippen molar-refractivity contribution < 1.29 is 4.43 Å². The zero-order chi connectivity index (χ0) is 14.8. The first-order chi connectivity index (χ1) is 8.53. The third kappa shape index (κ3) is 4.69. The van der Waals surface area contributed by atoms with Crippen molar-refractivity contribution in [3.05, 3.63) is 28.0 Å². The molecule has 0 aromatic carbocycles. The normalized spacial score (nSPS) is 14.5. The fourth-order valence-electron chi connectivity index (χ4n) is 1.73. The average Bonchev–Trinajstić information content (AvgIpc) is 2.21. The Kier molecular flexibility index (Phi) is 5.38. The van der Waals surface area contributed by atoms with Crippen molar-refractivity contribution in [2.45, 2.75) is 65.3 Å². The van der Waals surface area contributed by atoms with E-state index in [-0.39, 0.29) is 11.1 Å². The molecular formula is C15H26BrNOSi. The summed E-state index contributed by atoms with van der Waals surface area (Å²) in [4.78, 5) is 4.46. The number of hydrogen-bond donors (Lipinski definition) is 0. The van der Waals surface area contributed by atoms with Gasteiger partial charge in [0.25, 0.3) is 0 Å². The highest BCUT2D eigenvalue weighted by Gasteiger charge is 2.38. The zero-order valence-electron chi connectivity index (χ0n) is 13.2. The van der Waals surface area contributed by atoms with Gasteiger partial charge in [0.2, 0.25) is 0 Å². The van der Waals surface area contributed by atoms with Crippen molar-refractivity contribution in [2.75, 3.05) is 0 Å². The summed E-state index contributed by atoms with van der Waals surface area (Å²) in [6.07, 6.45) is 2.97. The van der Waals surface area contributed by atoms with E-state index in [2.05, 4.69) is 74.7 Å². The maximum absolute atomic E-state index is 6.36. The number of pyridine rings is 1. The quantitative estimate of drug-likeness (QED) is 0.709.